The first-order valence-corrected chi connectivity index (χ1v) is 9.44. The van der Waals surface area contributed by atoms with Crippen LogP contribution >= 0.6 is 0 Å². The lowest BCUT2D eigenvalue weighted by molar-refractivity contribution is 0.00703. The van der Waals surface area contributed by atoms with E-state index in [4.69, 9.17) is 0 Å². The van der Waals surface area contributed by atoms with Gasteiger partial charge in [0, 0.05) is 0 Å². The fourth-order valence-corrected chi connectivity index (χ4v) is 2.78. The Morgan fingerprint density at radius 1 is 0.571 bits per heavy atom. The van der Waals surface area contributed by atoms with E-state index in [1.165, 1.54) is 57.8 Å². The third-order valence-electron chi connectivity index (χ3n) is 4.33. The van der Waals surface area contributed by atoms with Crippen LogP contribution in [0.25, 0.3) is 0 Å². The molecule has 21 heavy (non-hydrogen) atoms. The molecule has 0 aromatic carbocycles. The van der Waals surface area contributed by atoms with Crippen LogP contribution in [0.15, 0.2) is 0 Å². The lowest BCUT2D eigenvalue weighted by Gasteiger charge is -2.17. The summed E-state index contributed by atoms with van der Waals surface area (Å²) in [5.74, 6) is 0.740. The Balaban J connectivity index is 3.36. The quantitative estimate of drug-likeness (QED) is 0.394. The number of unbranched alkanes of at least 4 members (excludes halogenated alkanes) is 8. The molecule has 0 aromatic heterocycles. The van der Waals surface area contributed by atoms with E-state index in [-0.39, 0.29) is 0 Å². The molecular formula is C19H40O2. The van der Waals surface area contributed by atoms with Crippen molar-refractivity contribution in [1.82, 2.24) is 0 Å². The molecule has 0 saturated heterocycles. The lowest BCUT2D eigenvalue weighted by atomic mass is 9.98. The van der Waals surface area contributed by atoms with Gasteiger partial charge in [0.05, 0.1) is 12.2 Å². The van der Waals surface area contributed by atoms with Crippen LogP contribution in [-0.4, -0.2) is 22.4 Å². The van der Waals surface area contributed by atoms with Crippen molar-refractivity contribution in [2.75, 3.05) is 0 Å². The number of hydrogen-bond acceptors (Lipinski definition) is 2. The summed E-state index contributed by atoms with van der Waals surface area (Å²) in [5, 5.41) is 19.9. The molecule has 2 atom stereocenters. The van der Waals surface area contributed by atoms with Crippen LogP contribution < -0.4 is 0 Å². The van der Waals surface area contributed by atoms with Gasteiger partial charge in [0.15, 0.2) is 0 Å². The summed E-state index contributed by atoms with van der Waals surface area (Å²) in [4.78, 5) is 0. The summed E-state index contributed by atoms with van der Waals surface area (Å²) in [6.45, 7) is 6.70. The Morgan fingerprint density at radius 3 is 1.43 bits per heavy atom. The standard InChI is InChI=1S/C19H40O2/c1-4-5-6-7-8-9-10-11-15-18(20)19(21)16-13-12-14-17(2)3/h17-21H,4-16H2,1-3H3/t18-,19+/m1/s1. The van der Waals surface area contributed by atoms with Crippen LogP contribution in [0.1, 0.15) is 104 Å². The number of rotatable bonds is 15. The minimum absolute atomic E-state index is 0.510. The van der Waals surface area contributed by atoms with Gasteiger partial charge < -0.3 is 10.2 Å². The molecule has 0 heterocycles. The van der Waals surface area contributed by atoms with E-state index < -0.39 is 12.2 Å². The van der Waals surface area contributed by atoms with Gasteiger partial charge in [-0.1, -0.05) is 91.4 Å². The first-order valence-electron chi connectivity index (χ1n) is 9.44. The van der Waals surface area contributed by atoms with E-state index in [0.29, 0.717) is 0 Å². The Morgan fingerprint density at radius 2 is 0.952 bits per heavy atom. The minimum atomic E-state index is -0.512. The molecule has 0 saturated carbocycles. The summed E-state index contributed by atoms with van der Waals surface area (Å²) in [7, 11) is 0. The predicted molar refractivity (Wildman–Crippen MR) is 92.5 cm³/mol. The Kier molecular flexibility index (Phi) is 14.8. The maximum atomic E-state index is 9.95. The molecule has 0 aliphatic rings. The zero-order valence-corrected chi connectivity index (χ0v) is 14.8. The van der Waals surface area contributed by atoms with Gasteiger partial charge in [-0.25, -0.2) is 0 Å². The molecule has 0 aliphatic carbocycles. The molecule has 0 unspecified atom stereocenters. The predicted octanol–water partition coefficient (Wildman–Crippen LogP) is 5.46. The van der Waals surface area contributed by atoms with Crippen molar-refractivity contribution in [1.29, 1.82) is 0 Å². The highest BCUT2D eigenvalue weighted by molar-refractivity contribution is 4.67. The highest BCUT2D eigenvalue weighted by Crippen LogP contribution is 2.15. The van der Waals surface area contributed by atoms with E-state index in [1.807, 2.05) is 0 Å². The van der Waals surface area contributed by atoms with Gasteiger partial charge in [-0.2, -0.15) is 0 Å². The largest absolute Gasteiger partial charge is 0.390 e. The number of hydrogen-bond donors (Lipinski definition) is 2. The highest BCUT2D eigenvalue weighted by atomic mass is 16.3. The van der Waals surface area contributed by atoms with Gasteiger partial charge in [-0.05, 0) is 18.8 Å². The average Bonchev–Trinajstić information content (AvgIpc) is 2.45. The van der Waals surface area contributed by atoms with Crippen molar-refractivity contribution in [2.45, 2.75) is 116 Å². The van der Waals surface area contributed by atoms with Crippen molar-refractivity contribution in [2.24, 2.45) is 5.92 Å². The fraction of sp³-hybridized carbons (Fsp3) is 1.00. The summed E-state index contributed by atoms with van der Waals surface area (Å²) >= 11 is 0. The fourth-order valence-electron chi connectivity index (χ4n) is 2.78. The maximum absolute atomic E-state index is 9.95. The summed E-state index contributed by atoms with van der Waals surface area (Å²) in [5.41, 5.74) is 0. The number of aliphatic hydroxyl groups excluding tert-OH is 2. The lowest BCUT2D eigenvalue weighted by Crippen LogP contribution is -2.25. The second-order valence-corrected chi connectivity index (χ2v) is 7.08. The molecule has 128 valence electrons. The summed E-state index contributed by atoms with van der Waals surface area (Å²) < 4.78 is 0. The van der Waals surface area contributed by atoms with Crippen molar-refractivity contribution in [3.63, 3.8) is 0 Å². The second-order valence-electron chi connectivity index (χ2n) is 7.08. The topological polar surface area (TPSA) is 40.5 Å². The normalized spacial score (nSPS) is 14.6. The third kappa shape index (κ3) is 14.6. The Labute approximate surface area is 133 Å². The van der Waals surface area contributed by atoms with E-state index in [9.17, 15) is 10.2 Å². The molecule has 0 bridgehead atoms. The second kappa shape index (κ2) is 14.8. The van der Waals surface area contributed by atoms with Crippen molar-refractivity contribution in [3.8, 4) is 0 Å². The molecule has 0 fully saturated rings. The van der Waals surface area contributed by atoms with Gasteiger partial charge in [-0.15, -0.1) is 0 Å². The Bertz CT molecular complexity index is 204. The molecule has 2 heteroatoms. The molecule has 0 aromatic rings. The summed E-state index contributed by atoms with van der Waals surface area (Å²) in [6.07, 6.45) is 14.2. The molecule has 0 aliphatic heterocycles. The maximum Gasteiger partial charge on any atom is 0.0799 e. The monoisotopic (exact) mass is 300 g/mol. The highest BCUT2D eigenvalue weighted by Gasteiger charge is 2.15. The van der Waals surface area contributed by atoms with Crippen LogP contribution in [0.5, 0.6) is 0 Å². The average molecular weight is 301 g/mol. The van der Waals surface area contributed by atoms with Gasteiger partial charge >= 0.3 is 0 Å². The molecular weight excluding hydrogens is 260 g/mol. The van der Waals surface area contributed by atoms with Crippen LogP contribution in [0, 0.1) is 5.92 Å². The molecule has 0 spiro atoms. The van der Waals surface area contributed by atoms with Crippen LogP contribution in [0.3, 0.4) is 0 Å². The smallest absolute Gasteiger partial charge is 0.0799 e. The van der Waals surface area contributed by atoms with E-state index >= 15 is 0 Å². The van der Waals surface area contributed by atoms with Crippen LogP contribution in [0.4, 0.5) is 0 Å². The first kappa shape index (κ1) is 20.9. The SMILES string of the molecule is CCCCCCCCCC[C@@H](O)[C@@H](O)CCCCC(C)C. The zero-order chi connectivity index (χ0) is 15.9. The van der Waals surface area contributed by atoms with Gasteiger partial charge in [-0.3, -0.25) is 0 Å². The van der Waals surface area contributed by atoms with E-state index in [0.717, 1.165) is 31.6 Å². The van der Waals surface area contributed by atoms with Crippen molar-refractivity contribution >= 4 is 0 Å². The van der Waals surface area contributed by atoms with Crippen molar-refractivity contribution in [3.05, 3.63) is 0 Å². The molecule has 2 N–H and O–H groups in total. The van der Waals surface area contributed by atoms with Crippen LogP contribution in [0.2, 0.25) is 0 Å². The molecule has 0 rings (SSSR count). The zero-order valence-electron chi connectivity index (χ0n) is 14.8. The third-order valence-corrected chi connectivity index (χ3v) is 4.33. The molecule has 0 radical (unpaired) electrons. The summed E-state index contributed by atoms with van der Waals surface area (Å²) in [6, 6.07) is 0. The first-order chi connectivity index (χ1) is 10.1. The Hall–Kier alpha value is -0.0800. The van der Waals surface area contributed by atoms with Gasteiger partial charge in [0.2, 0.25) is 0 Å². The van der Waals surface area contributed by atoms with Crippen LogP contribution in [-0.2, 0) is 0 Å². The van der Waals surface area contributed by atoms with Crippen molar-refractivity contribution < 1.29 is 10.2 Å². The van der Waals surface area contributed by atoms with E-state index in [2.05, 4.69) is 20.8 Å². The minimum Gasteiger partial charge on any atom is -0.390 e. The van der Waals surface area contributed by atoms with E-state index in [1.54, 1.807) is 0 Å². The number of aliphatic hydroxyl groups is 2. The molecule has 2 nitrogen and oxygen atoms in total. The molecule has 0 amide bonds. The van der Waals surface area contributed by atoms with Gasteiger partial charge in [0.25, 0.3) is 0 Å². The van der Waals surface area contributed by atoms with Gasteiger partial charge in [0.1, 0.15) is 0 Å².